The lowest BCUT2D eigenvalue weighted by Crippen LogP contribution is -2.14. The minimum Gasteiger partial charge on any atom is -0.364 e. The van der Waals surface area contributed by atoms with Gasteiger partial charge in [0.2, 0.25) is 0 Å². The number of nitrogens with one attached hydrogen (secondary N) is 1. The molecule has 0 radical (unpaired) electrons. The van der Waals surface area contributed by atoms with E-state index in [1.165, 1.54) is 35.1 Å². The van der Waals surface area contributed by atoms with Gasteiger partial charge in [0.15, 0.2) is 5.69 Å². The summed E-state index contributed by atoms with van der Waals surface area (Å²) in [6.07, 6.45) is -2.12. The van der Waals surface area contributed by atoms with Crippen LogP contribution in [-0.4, -0.2) is 25.9 Å². The van der Waals surface area contributed by atoms with Crippen LogP contribution in [0.1, 0.15) is 16.1 Å². The summed E-state index contributed by atoms with van der Waals surface area (Å²) in [5, 5.41) is 14.9. The van der Waals surface area contributed by atoms with Crippen molar-refractivity contribution in [2.75, 3.05) is 5.32 Å². The molecule has 168 valence electrons. The van der Waals surface area contributed by atoms with Crippen LogP contribution in [0.2, 0.25) is 10.0 Å². The first kappa shape index (κ1) is 22.6. The van der Waals surface area contributed by atoms with Gasteiger partial charge >= 0.3 is 6.18 Å². The molecule has 2 heterocycles. The number of amides is 1. The van der Waals surface area contributed by atoms with Crippen LogP contribution in [0, 0.1) is 0 Å². The van der Waals surface area contributed by atoms with Crippen molar-refractivity contribution in [3.63, 3.8) is 0 Å². The predicted octanol–water partition coefficient (Wildman–Crippen LogP) is 5.50. The zero-order chi connectivity index (χ0) is 23.8. The summed E-state index contributed by atoms with van der Waals surface area (Å²) in [5.41, 5.74) is 5.46. The van der Waals surface area contributed by atoms with Gasteiger partial charge in [0.05, 0.1) is 33.7 Å². The Balaban J connectivity index is 1.67. The summed E-state index contributed by atoms with van der Waals surface area (Å²) >= 11 is 12.4. The predicted molar refractivity (Wildman–Crippen MR) is 118 cm³/mol. The molecule has 2 aromatic heterocycles. The lowest BCUT2D eigenvalue weighted by atomic mass is 10.1. The Bertz CT molecular complexity index is 1320. The number of alkyl halides is 3. The molecule has 0 saturated carbocycles. The van der Waals surface area contributed by atoms with Gasteiger partial charge in [0, 0.05) is 11.3 Å². The van der Waals surface area contributed by atoms with Gasteiger partial charge in [-0.3, -0.25) is 4.79 Å². The molecule has 4 rings (SSSR count). The third kappa shape index (κ3) is 4.62. The second-order valence-electron chi connectivity index (χ2n) is 6.76. The molecule has 7 nitrogen and oxygen atoms in total. The molecular weight excluding hydrogens is 480 g/mol. The van der Waals surface area contributed by atoms with Gasteiger partial charge < -0.3 is 11.1 Å². The number of benzene rings is 2. The van der Waals surface area contributed by atoms with Crippen LogP contribution in [0.3, 0.4) is 0 Å². The molecular formula is C21H13Cl2F3N6O. The van der Waals surface area contributed by atoms with Crippen LogP contribution in [-0.2, 0) is 6.18 Å². The zero-order valence-corrected chi connectivity index (χ0v) is 17.9. The highest BCUT2D eigenvalue weighted by molar-refractivity contribution is 6.37. The van der Waals surface area contributed by atoms with Gasteiger partial charge in [0.25, 0.3) is 5.91 Å². The van der Waals surface area contributed by atoms with E-state index in [1.807, 2.05) is 0 Å². The third-order valence-electron chi connectivity index (χ3n) is 4.58. The number of nitrogens with two attached hydrogens (primary N) is 1. The highest BCUT2D eigenvalue weighted by Gasteiger charge is 2.34. The lowest BCUT2D eigenvalue weighted by Gasteiger charge is -2.11. The number of anilines is 2. The van der Waals surface area contributed by atoms with Crippen molar-refractivity contribution >= 4 is 40.5 Å². The average molecular weight is 493 g/mol. The molecule has 0 fully saturated rings. The van der Waals surface area contributed by atoms with Crippen molar-refractivity contribution in [2.45, 2.75) is 6.18 Å². The SMILES string of the molecule is NC(=O)c1nn(-c2c(Cl)cccc2Cl)cc1Nc1ccc(-c2nnccc2C(F)(F)F)cc1. The van der Waals surface area contributed by atoms with Gasteiger partial charge in [0.1, 0.15) is 11.4 Å². The zero-order valence-electron chi connectivity index (χ0n) is 16.4. The van der Waals surface area contributed by atoms with E-state index in [0.29, 0.717) is 21.4 Å². The highest BCUT2D eigenvalue weighted by Crippen LogP contribution is 2.36. The molecule has 0 bridgehead atoms. The second-order valence-corrected chi connectivity index (χ2v) is 7.58. The molecule has 0 aliphatic heterocycles. The maximum absolute atomic E-state index is 13.3. The summed E-state index contributed by atoms with van der Waals surface area (Å²) in [7, 11) is 0. The highest BCUT2D eigenvalue weighted by atomic mass is 35.5. The van der Waals surface area contributed by atoms with Crippen LogP contribution < -0.4 is 11.1 Å². The van der Waals surface area contributed by atoms with E-state index in [4.69, 9.17) is 28.9 Å². The molecule has 0 saturated heterocycles. The molecule has 2 aromatic carbocycles. The molecule has 12 heteroatoms. The number of para-hydroxylation sites is 1. The summed E-state index contributed by atoms with van der Waals surface area (Å²) in [4.78, 5) is 11.9. The minimum absolute atomic E-state index is 0.0802. The van der Waals surface area contributed by atoms with Crippen molar-refractivity contribution in [3.05, 3.63) is 82.2 Å². The largest absolute Gasteiger partial charge is 0.418 e. The van der Waals surface area contributed by atoms with Gasteiger partial charge in [-0.15, -0.1) is 5.10 Å². The molecule has 33 heavy (non-hydrogen) atoms. The van der Waals surface area contributed by atoms with E-state index in [9.17, 15) is 18.0 Å². The lowest BCUT2D eigenvalue weighted by molar-refractivity contribution is -0.137. The Morgan fingerprint density at radius 2 is 1.70 bits per heavy atom. The standard InChI is InChI=1S/C21H13Cl2F3N6O/c22-14-2-1-3-15(23)19(14)32-10-16(18(31-32)20(27)33)29-12-6-4-11(5-7-12)17-13(21(24,25)26)8-9-28-30-17/h1-10,29H,(H2,27,33). The minimum atomic E-state index is -4.58. The maximum atomic E-state index is 13.3. The van der Waals surface area contributed by atoms with E-state index in [0.717, 1.165) is 12.3 Å². The van der Waals surface area contributed by atoms with Crippen molar-refractivity contribution < 1.29 is 18.0 Å². The first-order chi connectivity index (χ1) is 15.6. The Hall–Kier alpha value is -3.63. The van der Waals surface area contributed by atoms with Crippen LogP contribution in [0.25, 0.3) is 16.9 Å². The molecule has 0 spiro atoms. The number of hydrogen-bond acceptors (Lipinski definition) is 5. The normalized spacial score (nSPS) is 11.4. The van der Waals surface area contributed by atoms with Gasteiger partial charge in [-0.1, -0.05) is 41.4 Å². The molecule has 0 aliphatic rings. The van der Waals surface area contributed by atoms with Crippen molar-refractivity contribution in [1.82, 2.24) is 20.0 Å². The van der Waals surface area contributed by atoms with Crippen LogP contribution in [0.15, 0.2) is 60.9 Å². The van der Waals surface area contributed by atoms with Gasteiger partial charge in [-0.2, -0.15) is 23.4 Å². The molecule has 0 atom stereocenters. The summed E-state index contributed by atoms with van der Waals surface area (Å²) in [6.45, 7) is 0. The fourth-order valence-corrected chi connectivity index (χ4v) is 3.68. The fourth-order valence-electron chi connectivity index (χ4n) is 3.11. The Kier molecular flexibility index (Phi) is 5.96. The molecule has 3 N–H and O–H groups in total. The molecule has 0 unspecified atom stereocenters. The quantitative estimate of drug-likeness (QED) is 0.383. The smallest absolute Gasteiger partial charge is 0.364 e. The van der Waals surface area contributed by atoms with E-state index >= 15 is 0 Å². The Morgan fingerprint density at radius 3 is 2.30 bits per heavy atom. The number of carbonyl (C=O) groups excluding carboxylic acids is 1. The van der Waals surface area contributed by atoms with Crippen LogP contribution >= 0.6 is 23.2 Å². The number of nitrogens with zero attached hydrogens (tertiary/aromatic N) is 4. The number of hydrogen-bond donors (Lipinski definition) is 2. The fraction of sp³-hybridized carbons (Fsp3) is 0.0476. The first-order valence-electron chi connectivity index (χ1n) is 9.25. The van der Waals surface area contributed by atoms with Crippen LogP contribution in [0.5, 0.6) is 0 Å². The van der Waals surface area contributed by atoms with Crippen molar-refractivity contribution in [1.29, 1.82) is 0 Å². The van der Waals surface area contributed by atoms with E-state index in [2.05, 4.69) is 20.6 Å². The summed E-state index contributed by atoms with van der Waals surface area (Å²) in [5.74, 6) is -0.801. The second kappa shape index (κ2) is 8.72. The van der Waals surface area contributed by atoms with Crippen LogP contribution in [0.4, 0.5) is 24.5 Å². The number of halogens is 5. The topological polar surface area (TPSA) is 98.7 Å². The third-order valence-corrected chi connectivity index (χ3v) is 5.19. The van der Waals surface area contributed by atoms with Gasteiger partial charge in [-0.25, -0.2) is 4.68 Å². The Morgan fingerprint density at radius 1 is 1.03 bits per heavy atom. The molecule has 0 aliphatic carbocycles. The summed E-state index contributed by atoms with van der Waals surface area (Å²) in [6, 6.07) is 11.7. The van der Waals surface area contributed by atoms with Crippen molar-refractivity contribution in [3.8, 4) is 16.9 Å². The Labute approximate surface area is 195 Å². The maximum Gasteiger partial charge on any atom is 0.418 e. The number of carbonyl (C=O) groups is 1. The average Bonchev–Trinajstić information content (AvgIpc) is 3.17. The first-order valence-corrected chi connectivity index (χ1v) is 10.0. The van der Waals surface area contributed by atoms with E-state index < -0.39 is 17.6 Å². The van der Waals surface area contributed by atoms with Gasteiger partial charge in [-0.05, 0) is 30.3 Å². The van der Waals surface area contributed by atoms with E-state index in [-0.39, 0.29) is 22.6 Å². The molecule has 1 amide bonds. The number of aromatic nitrogens is 4. The number of primary amides is 1. The van der Waals surface area contributed by atoms with Crippen molar-refractivity contribution in [2.24, 2.45) is 5.73 Å². The number of rotatable bonds is 5. The monoisotopic (exact) mass is 492 g/mol. The molecule has 4 aromatic rings. The summed E-state index contributed by atoms with van der Waals surface area (Å²) < 4.78 is 41.1. The van der Waals surface area contributed by atoms with E-state index in [1.54, 1.807) is 18.2 Å².